The van der Waals surface area contributed by atoms with Crippen molar-refractivity contribution in [2.24, 2.45) is 5.41 Å². The molecule has 4 heterocycles. The lowest BCUT2D eigenvalue weighted by atomic mass is 9.76. The summed E-state index contributed by atoms with van der Waals surface area (Å²) in [6.07, 6.45) is 4.66. The molecule has 3 aliphatic heterocycles. The van der Waals surface area contributed by atoms with Gasteiger partial charge in [0.2, 0.25) is 0 Å². The van der Waals surface area contributed by atoms with E-state index in [1.807, 2.05) is 43.0 Å². The van der Waals surface area contributed by atoms with Gasteiger partial charge >= 0.3 is 5.97 Å². The Kier molecular flexibility index (Phi) is 7.16. The smallest absolute Gasteiger partial charge is 0.312 e. The van der Waals surface area contributed by atoms with Gasteiger partial charge in [0.15, 0.2) is 0 Å². The molecule has 3 fully saturated rings. The lowest BCUT2D eigenvalue weighted by molar-refractivity contribution is -0.151. The molecule has 0 radical (unpaired) electrons. The van der Waals surface area contributed by atoms with E-state index in [-0.39, 0.29) is 24.5 Å². The first-order chi connectivity index (χ1) is 16.3. The highest BCUT2D eigenvalue weighted by molar-refractivity contribution is 6.06. The van der Waals surface area contributed by atoms with E-state index in [1.54, 1.807) is 0 Å². The lowest BCUT2D eigenvalue weighted by Crippen LogP contribution is -2.45. The van der Waals surface area contributed by atoms with Crippen molar-refractivity contribution in [2.45, 2.75) is 52.1 Å². The lowest BCUT2D eigenvalue weighted by Gasteiger charge is -2.36. The summed E-state index contributed by atoms with van der Waals surface area (Å²) in [5.41, 5.74) is 3.14. The number of nitrogens with zero attached hydrogens (tertiary/aromatic N) is 3. The molecule has 1 N–H and O–H groups in total. The number of carboxylic acid groups (broad SMARTS) is 1. The summed E-state index contributed by atoms with van der Waals surface area (Å²) in [5.74, 6) is -0.0151. The van der Waals surface area contributed by atoms with Gasteiger partial charge < -0.3 is 14.7 Å². The first-order valence-electron chi connectivity index (χ1n) is 12.0. The zero-order valence-electron chi connectivity index (χ0n) is 20.0. The van der Waals surface area contributed by atoms with Gasteiger partial charge in [-0.05, 0) is 70.3 Å². The second kappa shape index (κ2) is 10.1. The Morgan fingerprint density at radius 2 is 1.85 bits per heavy atom. The molecule has 8 heteroatoms. The number of likely N-dealkylation sites (tertiary alicyclic amines) is 2. The molecule has 3 saturated heterocycles. The Labute approximate surface area is 199 Å². The minimum atomic E-state index is -0.408. The van der Waals surface area contributed by atoms with Crippen LogP contribution in [-0.2, 0) is 14.3 Å². The van der Waals surface area contributed by atoms with Gasteiger partial charge in [-0.15, -0.1) is 0 Å². The van der Waals surface area contributed by atoms with Crippen LogP contribution < -0.4 is 0 Å². The number of carbonyl (C=O) groups excluding carboxylic acids is 2. The third-order valence-corrected chi connectivity index (χ3v) is 7.32. The van der Waals surface area contributed by atoms with Crippen molar-refractivity contribution in [3.63, 3.8) is 0 Å². The average Bonchev–Trinajstić information content (AvgIpc) is 3.41. The standard InChI is InChI=1S/C25H31N3O3.CH2O2/c1-17-5-6-20-21(14-18(2)26-22(20)13-17)23(29)28-11-7-25(8-12-28)15-19(31-24(25)30)16-27-9-3-4-10-27;2-1-3/h5-6,13-14,19H,3-4,7-12,15-16H2,1-2H3;1H,(H,2,3). The molecule has 5 rings (SSSR count). The van der Waals surface area contributed by atoms with Crippen molar-refractivity contribution >= 4 is 29.3 Å². The van der Waals surface area contributed by atoms with Crippen LogP contribution in [0.1, 0.15) is 53.7 Å². The minimum absolute atomic E-state index is 0.00267. The van der Waals surface area contributed by atoms with Gasteiger partial charge in [0.1, 0.15) is 6.10 Å². The van der Waals surface area contributed by atoms with Crippen LogP contribution in [0.5, 0.6) is 0 Å². The molecule has 1 unspecified atom stereocenters. The number of esters is 1. The van der Waals surface area contributed by atoms with Crippen molar-refractivity contribution in [1.29, 1.82) is 0 Å². The molecule has 1 atom stereocenters. The van der Waals surface area contributed by atoms with Gasteiger partial charge in [0.05, 0.1) is 16.5 Å². The summed E-state index contributed by atoms with van der Waals surface area (Å²) in [4.78, 5) is 43.5. The summed E-state index contributed by atoms with van der Waals surface area (Å²) in [6.45, 7) is 7.99. The molecule has 2 aromatic rings. The molecule has 1 spiro atoms. The Morgan fingerprint density at radius 1 is 1.18 bits per heavy atom. The van der Waals surface area contributed by atoms with E-state index in [4.69, 9.17) is 14.6 Å². The maximum Gasteiger partial charge on any atom is 0.312 e. The summed E-state index contributed by atoms with van der Waals surface area (Å²) in [6, 6.07) is 7.93. The quantitative estimate of drug-likeness (QED) is 0.547. The first-order valence-corrected chi connectivity index (χ1v) is 12.0. The number of benzene rings is 1. The van der Waals surface area contributed by atoms with Crippen molar-refractivity contribution in [3.8, 4) is 0 Å². The van der Waals surface area contributed by atoms with Crippen LogP contribution in [0, 0.1) is 19.3 Å². The van der Waals surface area contributed by atoms with Crippen molar-refractivity contribution in [3.05, 3.63) is 41.1 Å². The Bertz CT molecular complexity index is 1070. The molecule has 3 aliphatic rings. The van der Waals surface area contributed by atoms with Crippen molar-refractivity contribution in [1.82, 2.24) is 14.8 Å². The topological polar surface area (TPSA) is 100 Å². The monoisotopic (exact) mass is 467 g/mol. The second-order valence-corrected chi connectivity index (χ2v) is 9.75. The number of aromatic nitrogens is 1. The van der Waals surface area contributed by atoms with Crippen LogP contribution in [0.4, 0.5) is 0 Å². The predicted molar refractivity (Wildman–Crippen MR) is 128 cm³/mol. The maximum atomic E-state index is 13.4. The fourth-order valence-corrected chi connectivity index (χ4v) is 5.56. The van der Waals surface area contributed by atoms with Crippen LogP contribution in [0.3, 0.4) is 0 Å². The molecular weight excluding hydrogens is 434 g/mol. The molecule has 1 amide bonds. The fourth-order valence-electron chi connectivity index (χ4n) is 5.56. The Balaban J connectivity index is 0.000000868. The van der Waals surface area contributed by atoms with Crippen LogP contribution in [0.25, 0.3) is 10.9 Å². The molecular formula is C26H33N3O5. The molecule has 0 bridgehead atoms. The number of fused-ring (bicyclic) bond motifs is 1. The molecule has 0 aliphatic carbocycles. The number of hydrogen-bond acceptors (Lipinski definition) is 6. The number of rotatable bonds is 3. The number of amides is 1. The molecule has 34 heavy (non-hydrogen) atoms. The average molecular weight is 468 g/mol. The predicted octanol–water partition coefficient (Wildman–Crippen LogP) is 3.19. The maximum absolute atomic E-state index is 13.4. The van der Waals surface area contributed by atoms with E-state index < -0.39 is 5.41 Å². The van der Waals surface area contributed by atoms with Crippen LogP contribution >= 0.6 is 0 Å². The number of cyclic esters (lactones) is 1. The SMILES string of the molecule is Cc1ccc2c(C(=O)N3CCC4(CC3)CC(CN3CCCC3)OC4=O)cc(C)nc2c1.O=CO. The van der Waals surface area contributed by atoms with Gasteiger partial charge in [-0.2, -0.15) is 0 Å². The Hall–Kier alpha value is -3.00. The highest BCUT2D eigenvalue weighted by Crippen LogP contribution is 2.43. The zero-order chi connectivity index (χ0) is 24.3. The van der Waals surface area contributed by atoms with Gasteiger partial charge in [-0.1, -0.05) is 12.1 Å². The van der Waals surface area contributed by atoms with E-state index in [1.165, 1.54) is 12.8 Å². The number of ether oxygens (including phenoxy) is 1. The normalized spacial score (nSPS) is 21.9. The molecule has 1 aromatic heterocycles. The van der Waals surface area contributed by atoms with E-state index in [2.05, 4.69) is 9.88 Å². The second-order valence-electron chi connectivity index (χ2n) is 9.75. The number of aryl methyl sites for hydroxylation is 2. The van der Waals surface area contributed by atoms with Crippen molar-refractivity contribution < 1.29 is 24.2 Å². The molecule has 0 saturated carbocycles. The van der Waals surface area contributed by atoms with E-state index in [9.17, 15) is 9.59 Å². The van der Waals surface area contributed by atoms with Crippen LogP contribution in [-0.4, -0.2) is 77.1 Å². The molecule has 8 nitrogen and oxygen atoms in total. The first kappa shape index (κ1) is 24.1. The van der Waals surface area contributed by atoms with Crippen LogP contribution in [0.2, 0.25) is 0 Å². The minimum Gasteiger partial charge on any atom is -0.483 e. The zero-order valence-corrected chi connectivity index (χ0v) is 20.0. The van der Waals surface area contributed by atoms with E-state index in [0.717, 1.165) is 48.2 Å². The highest BCUT2D eigenvalue weighted by atomic mass is 16.6. The third-order valence-electron chi connectivity index (χ3n) is 7.32. The Morgan fingerprint density at radius 3 is 2.53 bits per heavy atom. The molecule has 182 valence electrons. The largest absolute Gasteiger partial charge is 0.483 e. The van der Waals surface area contributed by atoms with E-state index >= 15 is 0 Å². The molecule has 1 aromatic carbocycles. The van der Waals surface area contributed by atoms with Gasteiger partial charge in [-0.3, -0.25) is 24.3 Å². The summed E-state index contributed by atoms with van der Waals surface area (Å²) < 4.78 is 5.79. The number of piperidine rings is 1. The fraction of sp³-hybridized carbons (Fsp3) is 0.538. The van der Waals surface area contributed by atoms with Crippen molar-refractivity contribution in [2.75, 3.05) is 32.7 Å². The summed E-state index contributed by atoms with van der Waals surface area (Å²) in [5, 5.41) is 7.78. The van der Waals surface area contributed by atoms with Crippen LogP contribution in [0.15, 0.2) is 24.3 Å². The number of carbonyl (C=O) groups is 3. The van der Waals surface area contributed by atoms with E-state index in [0.29, 0.717) is 31.5 Å². The highest BCUT2D eigenvalue weighted by Gasteiger charge is 2.51. The van der Waals surface area contributed by atoms with Gasteiger partial charge in [-0.25, -0.2) is 0 Å². The third kappa shape index (κ3) is 4.92. The summed E-state index contributed by atoms with van der Waals surface area (Å²) in [7, 11) is 0. The number of hydrogen-bond donors (Lipinski definition) is 1. The summed E-state index contributed by atoms with van der Waals surface area (Å²) >= 11 is 0. The van der Waals surface area contributed by atoms with Gasteiger partial charge in [0, 0.05) is 37.1 Å². The van der Waals surface area contributed by atoms with Gasteiger partial charge in [0.25, 0.3) is 12.4 Å². The number of pyridine rings is 1.